The van der Waals surface area contributed by atoms with Crippen molar-refractivity contribution in [2.75, 3.05) is 17.3 Å². The van der Waals surface area contributed by atoms with Crippen LogP contribution in [0.5, 0.6) is 5.75 Å². The standard InChI is InChI=1S/C30H29ClFN5O2S/c1-30(2,3)28(38)34-22-13-11-19(17-25(22)39-4)37-27(26(35-29(37)40)23-8-5-6-14-33-23)24-9-7-15-36(24)18-10-12-21(32)20(31)16-18/h5-17,26-27H,1-4H3,(H,34,38)(H,35,40)/t26-,27+/m1/s1. The van der Waals surface area contributed by atoms with Gasteiger partial charge in [-0.15, -0.1) is 0 Å². The van der Waals surface area contributed by atoms with E-state index in [4.69, 9.17) is 28.6 Å². The van der Waals surface area contributed by atoms with Crippen molar-refractivity contribution in [1.29, 1.82) is 0 Å². The Balaban J connectivity index is 1.61. The summed E-state index contributed by atoms with van der Waals surface area (Å²) >= 11 is 12.0. The third-order valence-corrected chi connectivity index (χ3v) is 7.36. The van der Waals surface area contributed by atoms with Gasteiger partial charge in [-0.05, 0) is 66.8 Å². The number of pyridine rings is 1. The third kappa shape index (κ3) is 5.26. The number of methoxy groups -OCH3 is 1. The van der Waals surface area contributed by atoms with Gasteiger partial charge in [0, 0.05) is 40.9 Å². The molecule has 3 heterocycles. The van der Waals surface area contributed by atoms with Crippen molar-refractivity contribution in [2.45, 2.75) is 32.9 Å². The normalized spacial score (nSPS) is 17.1. The van der Waals surface area contributed by atoms with E-state index < -0.39 is 11.2 Å². The zero-order chi connectivity index (χ0) is 28.6. The predicted molar refractivity (Wildman–Crippen MR) is 160 cm³/mol. The smallest absolute Gasteiger partial charge is 0.229 e. The first kappa shape index (κ1) is 27.6. The van der Waals surface area contributed by atoms with Gasteiger partial charge in [0.2, 0.25) is 5.91 Å². The maximum absolute atomic E-state index is 14.0. The summed E-state index contributed by atoms with van der Waals surface area (Å²) in [4.78, 5) is 19.3. The molecule has 0 saturated carbocycles. The average molecular weight is 578 g/mol. The molecule has 0 bridgehead atoms. The third-order valence-electron chi connectivity index (χ3n) is 6.76. The lowest BCUT2D eigenvalue weighted by Crippen LogP contribution is -2.30. The Bertz CT molecular complexity index is 1570. The lowest BCUT2D eigenvalue weighted by molar-refractivity contribution is -0.123. The Labute approximate surface area is 242 Å². The fraction of sp³-hybridized carbons (Fsp3) is 0.233. The summed E-state index contributed by atoms with van der Waals surface area (Å²) in [6, 6.07) is 19.2. The van der Waals surface area contributed by atoms with Crippen molar-refractivity contribution >= 4 is 46.2 Å². The van der Waals surface area contributed by atoms with E-state index in [-0.39, 0.29) is 23.0 Å². The van der Waals surface area contributed by atoms with E-state index in [9.17, 15) is 9.18 Å². The van der Waals surface area contributed by atoms with Gasteiger partial charge in [0.1, 0.15) is 17.6 Å². The first-order valence-corrected chi connectivity index (χ1v) is 13.5. The molecule has 1 amide bonds. The van der Waals surface area contributed by atoms with Crippen LogP contribution >= 0.6 is 23.8 Å². The fourth-order valence-corrected chi connectivity index (χ4v) is 5.20. The lowest BCUT2D eigenvalue weighted by Gasteiger charge is -2.29. The average Bonchev–Trinajstić information content (AvgIpc) is 3.54. The van der Waals surface area contributed by atoms with Crippen LogP contribution in [0.15, 0.2) is 79.1 Å². The number of benzene rings is 2. The molecule has 0 aliphatic carbocycles. The summed E-state index contributed by atoms with van der Waals surface area (Å²) in [5.74, 6) is -0.110. The summed E-state index contributed by atoms with van der Waals surface area (Å²) in [6.07, 6.45) is 3.65. The molecule has 0 unspecified atom stereocenters. The van der Waals surface area contributed by atoms with E-state index in [0.717, 1.165) is 17.1 Å². The van der Waals surface area contributed by atoms with Crippen molar-refractivity contribution in [2.24, 2.45) is 5.41 Å². The quantitative estimate of drug-likeness (QED) is 0.245. The van der Waals surface area contributed by atoms with Crippen LogP contribution in [0.3, 0.4) is 0 Å². The summed E-state index contributed by atoms with van der Waals surface area (Å²) in [5.41, 5.74) is 3.15. The van der Waals surface area contributed by atoms with E-state index in [2.05, 4.69) is 15.6 Å². The predicted octanol–water partition coefficient (Wildman–Crippen LogP) is 6.84. The monoisotopic (exact) mass is 577 g/mol. The molecule has 2 atom stereocenters. The minimum absolute atomic E-state index is 0.0352. The Hall–Kier alpha value is -3.95. The lowest BCUT2D eigenvalue weighted by atomic mass is 9.95. The Kier molecular flexibility index (Phi) is 7.53. The number of amides is 1. The number of aromatic nitrogens is 2. The van der Waals surface area contributed by atoms with Gasteiger partial charge in [-0.3, -0.25) is 9.78 Å². The number of hydrogen-bond donors (Lipinski definition) is 2. The molecule has 4 aromatic rings. The first-order chi connectivity index (χ1) is 19.1. The number of hydrogen-bond acceptors (Lipinski definition) is 4. The zero-order valence-electron chi connectivity index (χ0n) is 22.5. The second kappa shape index (κ2) is 10.9. The Morgan fingerprint density at radius 1 is 1.10 bits per heavy atom. The maximum Gasteiger partial charge on any atom is 0.229 e. The maximum atomic E-state index is 14.0. The van der Waals surface area contributed by atoms with Gasteiger partial charge in [-0.2, -0.15) is 0 Å². The summed E-state index contributed by atoms with van der Waals surface area (Å²) < 4.78 is 21.6. The second-order valence-electron chi connectivity index (χ2n) is 10.5. The molecule has 5 rings (SSSR count). The molecule has 0 radical (unpaired) electrons. The van der Waals surface area contributed by atoms with Crippen LogP contribution in [0, 0.1) is 11.2 Å². The highest BCUT2D eigenvalue weighted by molar-refractivity contribution is 7.80. The minimum atomic E-state index is -0.570. The largest absolute Gasteiger partial charge is 0.494 e. The van der Waals surface area contributed by atoms with Gasteiger partial charge in [0.05, 0.1) is 29.6 Å². The van der Waals surface area contributed by atoms with E-state index >= 15 is 0 Å². The van der Waals surface area contributed by atoms with Gasteiger partial charge in [-0.1, -0.05) is 38.4 Å². The first-order valence-electron chi connectivity index (χ1n) is 12.7. The molecule has 2 aromatic heterocycles. The van der Waals surface area contributed by atoms with Crippen molar-refractivity contribution in [3.63, 3.8) is 0 Å². The molecule has 40 heavy (non-hydrogen) atoms. The highest BCUT2D eigenvalue weighted by atomic mass is 35.5. The number of thiocarbonyl (C=S) groups is 1. The molecule has 0 spiro atoms. The molecular formula is C30H29ClFN5O2S. The van der Waals surface area contributed by atoms with Crippen LogP contribution < -0.4 is 20.3 Å². The fourth-order valence-electron chi connectivity index (χ4n) is 4.68. The summed E-state index contributed by atoms with van der Waals surface area (Å²) in [6.45, 7) is 5.55. The van der Waals surface area contributed by atoms with Crippen LogP contribution in [-0.2, 0) is 4.79 Å². The van der Waals surface area contributed by atoms with E-state index in [1.54, 1.807) is 25.4 Å². The van der Waals surface area contributed by atoms with Crippen LogP contribution in [0.4, 0.5) is 15.8 Å². The highest BCUT2D eigenvalue weighted by Gasteiger charge is 2.42. The molecule has 2 aromatic carbocycles. The number of anilines is 2. The van der Waals surface area contributed by atoms with Gasteiger partial charge in [-0.25, -0.2) is 4.39 Å². The number of nitrogens with one attached hydrogen (secondary N) is 2. The molecule has 206 valence electrons. The van der Waals surface area contributed by atoms with Crippen molar-refractivity contribution < 1.29 is 13.9 Å². The number of halogens is 2. The molecule has 1 aliphatic rings. The van der Waals surface area contributed by atoms with Crippen LogP contribution in [0.25, 0.3) is 5.69 Å². The molecule has 2 N–H and O–H groups in total. The topological polar surface area (TPSA) is 71.4 Å². The molecule has 1 aliphatic heterocycles. The molecule has 10 heteroatoms. The number of carbonyl (C=O) groups is 1. The van der Waals surface area contributed by atoms with Crippen molar-refractivity contribution in [1.82, 2.24) is 14.9 Å². The van der Waals surface area contributed by atoms with Gasteiger partial charge in [0.15, 0.2) is 5.11 Å². The number of ether oxygens (including phenoxy) is 1. The highest BCUT2D eigenvalue weighted by Crippen LogP contribution is 2.44. The number of rotatable bonds is 6. The van der Waals surface area contributed by atoms with E-state index in [1.165, 1.54) is 6.07 Å². The molecule has 1 fully saturated rings. The van der Waals surface area contributed by atoms with E-state index in [0.29, 0.717) is 22.2 Å². The van der Waals surface area contributed by atoms with Crippen molar-refractivity contribution in [3.8, 4) is 11.4 Å². The van der Waals surface area contributed by atoms with Gasteiger partial charge < -0.3 is 24.8 Å². The molecule has 1 saturated heterocycles. The number of nitrogens with zero attached hydrogens (tertiary/aromatic N) is 3. The molecular weight excluding hydrogens is 549 g/mol. The van der Waals surface area contributed by atoms with Crippen LogP contribution in [0.2, 0.25) is 5.02 Å². The van der Waals surface area contributed by atoms with E-state index in [1.807, 2.05) is 85.0 Å². The summed E-state index contributed by atoms with van der Waals surface area (Å²) in [7, 11) is 1.56. The van der Waals surface area contributed by atoms with Crippen LogP contribution in [0.1, 0.15) is 44.2 Å². The van der Waals surface area contributed by atoms with Gasteiger partial charge in [0.25, 0.3) is 0 Å². The molecule has 7 nitrogen and oxygen atoms in total. The number of carbonyl (C=O) groups excluding carboxylic acids is 1. The van der Waals surface area contributed by atoms with Crippen molar-refractivity contribution in [3.05, 3.63) is 101 Å². The Morgan fingerprint density at radius 2 is 1.88 bits per heavy atom. The zero-order valence-corrected chi connectivity index (χ0v) is 24.1. The van der Waals surface area contributed by atoms with Crippen LogP contribution in [-0.4, -0.2) is 27.7 Å². The SMILES string of the molecule is COc1cc(N2C(=S)N[C@H](c3ccccn3)[C@@H]2c2cccn2-c2ccc(F)c(Cl)c2)ccc1NC(=O)C(C)(C)C. The minimum Gasteiger partial charge on any atom is -0.494 e. The Morgan fingerprint density at radius 3 is 2.55 bits per heavy atom. The van der Waals surface area contributed by atoms with Gasteiger partial charge >= 0.3 is 0 Å². The summed E-state index contributed by atoms with van der Waals surface area (Å²) in [5, 5.41) is 6.94. The second-order valence-corrected chi connectivity index (χ2v) is 11.3.